The van der Waals surface area contributed by atoms with E-state index in [1.165, 1.54) is 11.0 Å². The zero-order chi connectivity index (χ0) is 20.1. The Bertz CT molecular complexity index is 926. The number of ether oxygens (including phenoxy) is 2. The Morgan fingerprint density at radius 1 is 1.25 bits per heavy atom. The highest BCUT2D eigenvalue weighted by molar-refractivity contribution is 7.14. The standard InChI is InChI=1S/C18H17N3O6S/c19-17(25)11-6-8-28-18(11)20-14(22)10-27-16(24)9-21-12-3-1-2-4-13(12)26-7-5-15(21)23/h1-4,6,8H,5,7,9-10H2,(H2,19,25)(H,20,22). The van der Waals surface area contributed by atoms with E-state index in [4.69, 9.17) is 15.2 Å². The number of primary amides is 1. The van der Waals surface area contributed by atoms with Gasteiger partial charge in [-0.2, -0.15) is 0 Å². The van der Waals surface area contributed by atoms with Crippen LogP contribution >= 0.6 is 11.3 Å². The first-order valence-corrected chi connectivity index (χ1v) is 9.18. The Balaban J connectivity index is 1.58. The van der Waals surface area contributed by atoms with Gasteiger partial charge in [-0.1, -0.05) is 12.1 Å². The van der Waals surface area contributed by atoms with Gasteiger partial charge in [0.25, 0.3) is 11.8 Å². The third-order valence-corrected chi connectivity index (χ3v) is 4.70. The second-order valence-electron chi connectivity index (χ2n) is 5.78. The Morgan fingerprint density at radius 2 is 2.04 bits per heavy atom. The summed E-state index contributed by atoms with van der Waals surface area (Å²) in [7, 11) is 0. The molecule has 0 radical (unpaired) electrons. The third-order valence-electron chi connectivity index (χ3n) is 3.87. The summed E-state index contributed by atoms with van der Waals surface area (Å²) in [6.45, 7) is -0.694. The maximum absolute atomic E-state index is 12.3. The predicted octanol–water partition coefficient (Wildman–Crippen LogP) is 1.14. The van der Waals surface area contributed by atoms with Crippen molar-refractivity contribution in [2.24, 2.45) is 5.73 Å². The maximum atomic E-state index is 12.3. The Morgan fingerprint density at radius 3 is 2.82 bits per heavy atom. The Labute approximate surface area is 164 Å². The van der Waals surface area contributed by atoms with Crippen LogP contribution in [0.15, 0.2) is 35.7 Å². The number of anilines is 2. The van der Waals surface area contributed by atoms with E-state index in [-0.39, 0.29) is 36.0 Å². The average Bonchev–Trinajstić information content (AvgIpc) is 3.07. The van der Waals surface area contributed by atoms with Crippen LogP contribution < -0.4 is 20.7 Å². The lowest BCUT2D eigenvalue weighted by atomic mass is 10.2. The third kappa shape index (κ3) is 4.46. The van der Waals surface area contributed by atoms with Gasteiger partial charge >= 0.3 is 5.97 Å². The van der Waals surface area contributed by atoms with Crippen molar-refractivity contribution in [1.82, 2.24) is 0 Å². The van der Waals surface area contributed by atoms with Crippen LogP contribution in [0.25, 0.3) is 0 Å². The molecule has 0 fully saturated rings. The highest BCUT2D eigenvalue weighted by Crippen LogP contribution is 2.30. The molecule has 3 N–H and O–H groups in total. The van der Waals surface area contributed by atoms with Crippen molar-refractivity contribution in [2.75, 3.05) is 30.0 Å². The van der Waals surface area contributed by atoms with Gasteiger partial charge in [-0.15, -0.1) is 11.3 Å². The summed E-state index contributed by atoms with van der Waals surface area (Å²) in [4.78, 5) is 48.9. The molecular formula is C18H17N3O6S. The monoisotopic (exact) mass is 403 g/mol. The van der Waals surface area contributed by atoms with Gasteiger partial charge in [0.05, 0.1) is 24.3 Å². The summed E-state index contributed by atoms with van der Waals surface area (Å²) in [5, 5.41) is 4.35. The molecule has 1 aliphatic rings. The van der Waals surface area contributed by atoms with Gasteiger partial charge in [0, 0.05) is 0 Å². The molecule has 1 aliphatic heterocycles. The molecule has 3 rings (SSSR count). The molecule has 0 unspecified atom stereocenters. The maximum Gasteiger partial charge on any atom is 0.326 e. The minimum atomic E-state index is -0.749. The second kappa shape index (κ2) is 8.53. The van der Waals surface area contributed by atoms with Crippen molar-refractivity contribution in [3.8, 4) is 5.75 Å². The molecule has 1 aromatic carbocycles. The summed E-state index contributed by atoms with van der Waals surface area (Å²) in [6.07, 6.45) is 0.122. The number of rotatable bonds is 6. The van der Waals surface area contributed by atoms with Crippen LogP contribution in [0.2, 0.25) is 0 Å². The molecule has 10 heteroatoms. The number of nitrogens with one attached hydrogen (secondary N) is 1. The number of thiophene rings is 1. The smallest absolute Gasteiger partial charge is 0.326 e. The number of benzene rings is 1. The molecule has 0 aliphatic carbocycles. The summed E-state index contributed by atoms with van der Waals surface area (Å²) >= 11 is 1.12. The first-order valence-electron chi connectivity index (χ1n) is 8.30. The van der Waals surface area contributed by atoms with Crippen molar-refractivity contribution in [3.05, 3.63) is 41.3 Å². The quantitative estimate of drug-likeness (QED) is 0.696. The van der Waals surface area contributed by atoms with E-state index in [1.807, 2.05) is 0 Å². The molecule has 0 saturated heterocycles. The molecule has 3 amide bonds. The number of hydrogen-bond acceptors (Lipinski definition) is 7. The topological polar surface area (TPSA) is 128 Å². The van der Waals surface area contributed by atoms with Gasteiger partial charge in [-0.05, 0) is 23.6 Å². The molecule has 28 heavy (non-hydrogen) atoms. The van der Waals surface area contributed by atoms with Crippen molar-refractivity contribution >= 4 is 45.7 Å². The SMILES string of the molecule is NC(=O)c1ccsc1NC(=O)COC(=O)CN1C(=O)CCOc2ccccc21. The van der Waals surface area contributed by atoms with Crippen molar-refractivity contribution in [2.45, 2.75) is 6.42 Å². The lowest BCUT2D eigenvalue weighted by Gasteiger charge is -2.20. The fourth-order valence-corrected chi connectivity index (χ4v) is 3.39. The minimum Gasteiger partial charge on any atom is -0.491 e. The van der Waals surface area contributed by atoms with Crippen molar-refractivity contribution in [1.29, 1.82) is 0 Å². The van der Waals surface area contributed by atoms with Crippen LogP contribution in [0.3, 0.4) is 0 Å². The molecule has 1 aromatic heterocycles. The molecule has 0 saturated carbocycles. The van der Waals surface area contributed by atoms with E-state index in [9.17, 15) is 19.2 Å². The lowest BCUT2D eigenvalue weighted by Crippen LogP contribution is -2.37. The van der Waals surface area contributed by atoms with E-state index < -0.39 is 24.4 Å². The van der Waals surface area contributed by atoms with E-state index in [0.29, 0.717) is 11.4 Å². The Kier molecular flexibility index (Phi) is 5.90. The van der Waals surface area contributed by atoms with E-state index in [0.717, 1.165) is 11.3 Å². The summed E-state index contributed by atoms with van der Waals surface area (Å²) in [5.41, 5.74) is 5.86. The fraction of sp³-hybridized carbons (Fsp3) is 0.222. The first-order chi connectivity index (χ1) is 13.5. The van der Waals surface area contributed by atoms with Gasteiger partial charge < -0.3 is 20.5 Å². The fourth-order valence-electron chi connectivity index (χ4n) is 2.58. The van der Waals surface area contributed by atoms with Crippen LogP contribution in [0.1, 0.15) is 16.8 Å². The highest BCUT2D eigenvalue weighted by atomic mass is 32.1. The number of carbonyl (C=O) groups excluding carboxylic acids is 4. The molecule has 0 atom stereocenters. The largest absolute Gasteiger partial charge is 0.491 e. The lowest BCUT2D eigenvalue weighted by molar-refractivity contribution is -0.146. The predicted molar refractivity (Wildman–Crippen MR) is 101 cm³/mol. The molecule has 0 spiro atoms. The summed E-state index contributed by atoms with van der Waals surface area (Å²) in [5.74, 6) is -1.83. The van der Waals surface area contributed by atoms with Crippen LogP contribution in [-0.2, 0) is 19.1 Å². The minimum absolute atomic E-state index is 0.122. The highest BCUT2D eigenvalue weighted by Gasteiger charge is 2.26. The van der Waals surface area contributed by atoms with Crippen LogP contribution in [0.4, 0.5) is 10.7 Å². The van der Waals surface area contributed by atoms with Gasteiger partial charge in [0.15, 0.2) is 6.61 Å². The number of para-hydroxylation sites is 2. The zero-order valence-corrected chi connectivity index (χ0v) is 15.5. The number of amides is 3. The number of carbonyl (C=O) groups is 4. The number of esters is 1. The Hall–Kier alpha value is -3.40. The van der Waals surface area contributed by atoms with E-state index in [1.54, 1.807) is 29.6 Å². The van der Waals surface area contributed by atoms with Crippen LogP contribution in [-0.4, -0.2) is 43.4 Å². The van der Waals surface area contributed by atoms with Gasteiger partial charge in [-0.25, -0.2) is 0 Å². The zero-order valence-electron chi connectivity index (χ0n) is 14.7. The van der Waals surface area contributed by atoms with Crippen molar-refractivity contribution < 1.29 is 28.7 Å². The summed E-state index contributed by atoms with van der Waals surface area (Å²) in [6, 6.07) is 8.35. The number of hydrogen-bond donors (Lipinski definition) is 2. The van der Waals surface area contributed by atoms with E-state index in [2.05, 4.69) is 5.32 Å². The van der Waals surface area contributed by atoms with Gasteiger partial charge in [-0.3, -0.25) is 24.1 Å². The number of fused-ring (bicyclic) bond motifs is 1. The van der Waals surface area contributed by atoms with Crippen LogP contribution in [0.5, 0.6) is 5.75 Å². The normalized spacial score (nSPS) is 13.1. The van der Waals surface area contributed by atoms with Crippen molar-refractivity contribution in [3.63, 3.8) is 0 Å². The number of nitrogens with zero attached hydrogens (tertiary/aromatic N) is 1. The average molecular weight is 403 g/mol. The molecule has 146 valence electrons. The van der Waals surface area contributed by atoms with Crippen LogP contribution in [0, 0.1) is 0 Å². The molecule has 0 bridgehead atoms. The van der Waals surface area contributed by atoms with E-state index >= 15 is 0 Å². The van der Waals surface area contributed by atoms with Gasteiger partial charge in [0.2, 0.25) is 5.91 Å². The number of nitrogens with two attached hydrogens (primary N) is 1. The van der Waals surface area contributed by atoms with Gasteiger partial charge in [0.1, 0.15) is 17.3 Å². The summed E-state index contributed by atoms with van der Waals surface area (Å²) < 4.78 is 10.5. The second-order valence-corrected chi connectivity index (χ2v) is 6.70. The molecule has 2 heterocycles. The molecule has 9 nitrogen and oxygen atoms in total. The first kappa shape index (κ1) is 19.4. The molecular weight excluding hydrogens is 386 g/mol. The molecule has 2 aromatic rings.